The molecule has 0 aliphatic heterocycles. The Morgan fingerprint density at radius 1 is 0.875 bits per heavy atom. The van der Waals surface area contributed by atoms with Crippen molar-refractivity contribution < 1.29 is 10.2 Å². The fourth-order valence-corrected chi connectivity index (χ4v) is 4.11. The maximum atomic E-state index is 11.0. The van der Waals surface area contributed by atoms with E-state index in [-0.39, 0.29) is 5.41 Å². The van der Waals surface area contributed by atoms with Gasteiger partial charge in [-0.15, -0.1) is 0 Å². The van der Waals surface area contributed by atoms with Gasteiger partial charge in [-0.2, -0.15) is 0 Å². The maximum Gasteiger partial charge on any atom is 0.122 e. The average Bonchev–Trinajstić information content (AvgIpc) is 2.54. The predicted octanol–water partition coefficient (Wildman–Crippen LogP) is 5.53. The van der Waals surface area contributed by atoms with Crippen LogP contribution in [-0.4, -0.2) is 10.2 Å². The van der Waals surface area contributed by atoms with Crippen molar-refractivity contribution in [2.45, 2.75) is 64.7 Å². The van der Waals surface area contributed by atoms with Crippen LogP contribution in [0.2, 0.25) is 0 Å². The van der Waals surface area contributed by atoms with Gasteiger partial charge in [-0.3, -0.25) is 0 Å². The molecule has 3 rings (SSSR count). The molecule has 0 saturated heterocycles. The molecule has 2 heteroatoms. The zero-order chi connectivity index (χ0) is 17.3. The van der Waals surface area contributed by atoms with E-state index in [1.807, 2.05) is 25.1 Å². The molecule has 2 N–H and O–H groups in total. The summed E-state index contributed by atoms with van der Waals surface area (Å²) in [7, 11) is 0. The van der Waals surface area contributed by atoms with Gasteiger partial charge in [0.1, 0.15) is 11.5 Å². The number of rotatable bonds is 3. The Hall–Kier alpha value is -1.96. The summed E-state index contributed by atoms with van der Waals surface area (Å²) in [4.78, 5) is 0. The standard InChI is InChI=1S/C22H28O2/c1-15-7-8-20(23)17(11-15)14-18-12-16(2)13-19(21(18)24)22(3)9-5-4-6-10-22/h7-8,11-13,23-24H,4-6,9-10,14H2,1-3H3. The third-order valence-electron chi connectivity index (χ3n) is 5.56. The molecule has 0 atom stereocenters. The minimum Gasteiger partial charge on any atom is -0.508 e. The highest BCUT2D eigenvalue weighted by Crippen LogP contribution is 2.44. The summed E-state index contributed by atoms with van der Waals surface area (Å²) in [6.07, 6.45) is 6.60. The molecule has 2 aromatic carbocycles. The Morgan fingerprint density at radius 2 is 1.54 bits per heavy atom. The van der Waals surface area contributed by atoms with Gasteiger partial charge in [0.15, 0.2) is 0 Å². The van der Waals surface area contributed by atoms with Crippen molar-refractivity contribution in [2.24, 2.45) is 0 Å². The zero-order valence-electron chi connectivity index (χ0n) is 15.0. The van der Waals surface area contributed by atoms with Crippen LogP contribution in [0.4, 0.5) is 0 Å². The van der Waals surface area contributed by atoms with Crippen LogP contribution in [-0.2, 0) is 11.8 Å². The summed E-state index contributed by atoms with van der Waals surface area (Å²) < 4.78 is 0. The topological polar surface area (TPSA) is 40.5 Å². The second-order valence-electron chi connectivity index (χ2n) is 7.75. The van der Waals surface area contributed by atoms with Crippen molar-refractivity contribution in [3.05, 3.63) is 58.1 Å². The molecule has 1 aliphatic carbocycles. The van der Waals surface area contributed by atoms with Gasteiger partial charge in [-0.05, 0) is 49.3 Å². The van der Waals surface area contributed by atoms with Gasteiger partial charge < -0.3 is 10.2 Å². The van der Waals surface area contributed by atoms with E-state index in [2.05, 4.69) is 19.9 Å². The molecule has 2 nitrogen and oxygen atoms in total. The molecule has 0 amide bonds. The highest BCUT2D eigenvalue weighted by atomic mass is 16.3. The van der Waals surface area contributed by atoms with E-state index in [1.165, 1.54) is 24.8 Å². The summed E-state index contributed by atoms with van der Waals surface area (Å²) in [5, 5.41) is 21.1. The number of benzene rings is 2. The fourth-order valence-electron chi connectivity index (χ4n) is 4.11. The quantitative estimate of drug-likeness (QED) is 0.779. The number of aryl methyl sites for hydroxylation is 2. The molecule has 0 unspecified atom stereocenters. The number of phenolic OH excluding ortho intramolecular Hbond substituents is 2. The molecule has 2 aromatic rings. The molecule has 1 fully saturated rings. The van der Waals surface area contributed by atoms with Gasteiger partial charge in [-0.1, -0.05) is 61.6 Å². The van der Waals surface area contributed by atoms with Crippen LogP contribution in [0.1, 0.15) is 66.8 Å². The number of hydrogen-bond donors (Lipinski definition) is 2. The molecular weight excluding hydrogens is 296 g/mol. The molecule has 0 radical (unpaired) electrons. The van der Waals surface area contributed by atoms with E-state index in [1.54, 1.807) is 6.07 Å². The van der Waals surface area contributed by atoms with E-state index in [0.29, 0.717) is 17.9 Å². The van der Waals surface area contributed by atoms with Crippen molar-refractivity contribution >= 4 is 0 Å². The van der Waals surface area contributed by atoms with Crippen molar-refractivity contribution in [2.75, 3.05) is 0 Å². The van der Waals surface area contributed by atoms with E-state index < -0.39 is 0 Å². The van der Waals surface area contributed by atoms with Crippen molar-refractivity contribution in [3.63, 3.8) is 0 Å². The first-order valence-electron chi connectivity index (χ1n) is 9.00. The molecule has 128 valence electrons. The lowest BCUT2D eigenvalue weighted by molar-refractivity contribution is 0.307. The Kier molecular flexibility index (Phi) is 4.58. The smallest absolute Gasteiger partial charge is 0.122 e. The average molecular weight is 324 g/mol. The van der Waals surface area contributed by atoms with Gasteiger partial charge >= 0.3 is 0 Å². The SMILES string of the molecule is Cc1ccc(O)c(Cc2cc(C)cc(C3(C)CCCCC3)c2O)c1. The Balaban J connectivity index is 2.01. The van der Waals surface area contributed by atoms with Crippen LogP contribution in [0.25, 0.3) is 0 Å². The van der Waals surface area contributed by atoms with Crippen LogP contribution in [0.3, 0.4) is 0 Å². The fraction of sp³-hybridized carbons (Fsp3) is 0.455. The summed E-state index contributed by atoms with van der Waals surface area (Å²) in [6.45, 7) is 6.40. The van der Waals surface area contributed by atoms with Gasteiger partial charge in [0.2, 0.25) is 0 Å². The molecule has 0 heterocycles. The van der Waals surface area contributed by atoms with Crippen molar-refractivity contribution in [1.29, 1.82) is 0 Å². The second-order valence-corrected chi connectivity index (χ2v) is 7.75. The van der Waals surface area contributed by atoms with E-state index in [4.69, 9.17) is 0 Å². The minimum atomic E-state index is 0.0672. The Bertz CT molecular complexity index is 740. The van der Waals surface area contributed by atoms with Crippen LogP contribution in [0.5, 0.6) is 11.5 Å². The third-order valence-corrected chi connectivity index (χ3v) is 5.56. The molecule has 0 aromatic heterocycles. The summed E-state index contributed by atoms with van der Waals surface area (Å²) in [5.74, 6) is 0.720. The Labute approximate surface area is 145 Å². The van der Waals surface area contributed by atoms with Gasteiger partial charge in [0.05, 0.1) is 0 Å². The summed E-state index contributed by atoms with van der Waals surface area (Å²) in [5.41, 5.74) is 5.24. The normalized spacial score (nSPS) is 17.0. The van der Waals surface area contributed by atoms with Crippen molar-refractivity contribution in [1.82, 2.24) is 0 Å². The summed E-state index contributed by atoms with van der Waals surface area (Å²) >= 11 is 0. The van der Waals surface area contributed by atoms with E-state index in [0.717, 1.165) is 35.1 Å². The van der Waals surface area contributed by atoms with E-state index >= 15 is 0 Å². The first kappa shape index (κ1) is 16.9. The van der Waals surface area contributed by atoms with Gasteiger partial charge in [0, 0.05) is 12.0 Å². The predicted molar refractivity (Wildman–Crippen MR) is 98.9 cm³/mol. The Morgan fingerprint density at radius 3 is 2.25 bits per heavy atom. The molecule has 0 spiro atoms. The lowest BCUT2D eigenvalue weighted by atomic mass is 9.70. The summed E-state index contributed by atoms with van der Waals surface area (Å²) in [6, 6.07) is 9.84. The monoisotopic (exact) mass is 324 g/mol. The maximum absolute atomic E-state index is 11.0. The second kappa shape index (κ2) is 6.51. The van der Waals surface area contributed by atoms with Crippen LogP contribution >= 0.6 is 0 Å². The molecular formula is C22H28O2. The number of hydrogen-bond acceptors (Lipinski definition) is 2. The highest BCUT2D eigenvalue weighted by molar-refractivity contribution is 5.50. The van der Waals surface area contributed by atoms with Gasteiger partial charge in [0.25, 0.3) is 0 Å². The lowest BCUT2D eigenvalue weighted by Crippen LogP contribution is -2.25. The van der Waals surface area contributed by atoms with Crippen LogP contribution in [0, 0.1) is 13.8 Å². The van der Waals surface area contributed by atoms with Crippen LogP contribution in [0.15, 0.2) is 30.3 Å². The highest BCUT2D eigenvalue weighted by Gasteiger charge is 2.32. The molecule has 24 heavy (non-hydrogen) atoms. The largest absolute Gasteiger partial charge is 0.508 e. The number of phenols is 2. The van der Waals surface area contributed by atoms with E-state index in [9.17, 15) is 10.2 Å². The molecule has 0 bridgehead atoms. The molecule has 1 saturated carbocycles. The minimum absolute atomic E-state index is 0.0672. The van der Waals surface area contributed by atoms with Crippen molar-refractivity contribution in [3.8, 4) is 11.5 Å². The molecule has 1 aliphatic rings. The third kappa shape index (κ3) is 3.28. The number of aromatic hydroxyl groups is 2. The zero-order valence-corrected chi connectivity index (χ0v) is 15.0. The first-order valence-corrected chi connectivity index (χ1v) is 9.00. The first-order chi connectivity index (χ1) is 11.4. The lowest BCUT2D eigenvalue weighted by Gasteiger charge is -2.35. The van der Waals surface area contributed by atoms with Crippen LogP contribution < -0.4 is 0 Å². The van der Waals surface area contributed by atoms with Gasteiger partial charge in [-0.25, -0.2) is 0 Å².